The Morgan fingerprint density at radius 2 is 2.04 bits per heavy atom. The lowest BCUT2D eigenvalue weighted by Crippen LogP contribution is -2.28. The first-order valence-electron chi connectivity index (χ1n) is 8.49. The van der Waals surface area contributed by atoms with Crippen LogP contribution in [0.5, 0.6) is 0 Å². The van der Waals surface area contributed by atoms with E-state index in [1.807, 2.05) is 0 Å². The van der Waals surface area contributed by atoms with Crippen molar-refractivity contribution in [3.8, 4) is 0 Å². The first-order chi connectivity index (χ1) is 12.1. The molecule has 1 amide bonds. The van der Waals surface area contributed by atoms with Crippen molar-refractivity contribution in [2.45, 2.75) is 32.1 Å². The Labute approximate surface area is 161 Å². The predicted octanol–water partition coefficient (Wildman–Crippen LogP) is 4.15. The third-order valence-electron chi connectivity index (χ3n) is 4.40. The van der Waals surface area contributed by atoms with Gasteiger partial charge in [-0.05, 0) is 56.0 Å². The molecule has 26 heavy (non-hydrogen) atoms. The summed E-state index contributed by atoms with van der Waals surface area (Å²) in [7, 11) is 0. The molecule has 0 spiro atoms. The molecule has 0 radical (unpaired) electrons. The summed E-state index contributed by atoms with van der Waals surface area (Å²) >= 11 is 1.36. The summed E-state index contributed by atoms with van der Waals surface area (Å²) in [6.07, 6.45) is 5.78. The lowest BCUT2D eigenvalue weighted by atomic mass is 9.93. The minimum atomic E-state index is -0.853. The van der Waals surface area contributed by atoms with E-state index in [0.29, 0.717) is 29.5 Å². The van der Waals surface area contributed by atoms with Crippen LogP contribution in [0.25, 0.3) is 0 Å². The van der Waals surface area contributed by atoms with Gasteiger partial charge in [-0.3, -0.25) is 4.79 Å². The molecular formula is C18H22ClF2N3OS. The monoisotopic (exact) mass is 401 g/mol. The zero-order valence-corrected chi connectivity index (χ0v) is 15.9. The highest BCUT2D eigenvalue weighted by molar-refractivity contribution is 7.15. The first-order valence-corrected chi connectivity index (χ1v) is 9.31. The predicted molar refractivity (Wildman–Crippen MR) is 102 cm³/mol. The average molecular weight is 402 g/mol. The van der Waals surface area contributed by atoms with E-state index in [1.165, 1.54) is 17.4 Å². The van der Waals surface area contributed by atoms with Crippen molar-refractivity contribution < 1.29 is 13.6 Å². The fourth-order valence-electron chi connectivity index (χ4n) is 2.99. The fourth-order valence-corrected chi connectivity index (χ4v) is 3.85. The Morgan fingerprint density at radius 3 is 2.77 bits per heavy atom. The van der Waals surface area contributed by atoms with Gasteiger partial charge in [0.05, 0.1) is 0 Å². The van der Waals surface area contributed by atoms with Crippen LogP contribution >= 0.6 is 23.7 Å². The van der Waals surface area contributed by atoms with Crippen LogP contribution in [0, 0.1) is 17.6 Å². The zero-order valence-electron chi connectivity index (χ0n) is 14.3. The number of benzene rings is 1. The van der Waals surface area contributed by atoms with Crippen molar-refractivity contribution in [2.24, 2.45) is 5.92 Å². The highest BCUT2D eigenvalue weighted by Crippen LogP contribution is 2.23. The molecular weight excluding hydrogens is 380 g/mol. The number of hydrogen-bond donors (Lipinski definition) is 2. The Balaban J connectivity index is 0.00000243. The summed E-state index contributed by atoms with van der Waals surface area (Å²) in [4.78, 5) is 17.1. The number of halogens is 3. The van der Waals surface area contributed by atoms with E-state index in [1.54, 1.807) is 12.3 Å². The van der Waals surface area contributed by atoms with E-state index in [9.17, 15) is 13.6 Å². The summed E-state index contributed by atoms with van der Waals surface area (Å²) in [5, 5.41) is 6.69. The van der Waals surface area contributed by atoms with E-state index >= 15 is 0 Å². The SMILES string of the molecule is Cl.O=C(CCC1CCNCC1)Nc1ncc(Cc2ccc(F)c(F)c2)s1. The quantitative estimate of drug-likeness (QED) is 0.764. The number of thiazole rings is 1. The Hall–Kier alpha value is -1.57. The van der Waals surface area contributed by atoms with Gasteiger partial charge in [0, 0.05) is 23.9 Å². The number of carbonyl (C=O) groups excluding carboxylic acids is 1. The van der Waals surface area contributed by atoms with Crippen LogP contribution in [0.2, 0.25) is 0 Å². The second-order valence-electron chi connectivity index (χ2n) is 6.34. The minimum Gasteiger partial charge on any atom is -0.317 e. The standard InChI is InChI=1S/C18H21F2N3OS.ClH/c19-15-3-1-13(10-16(15)20)9-14-11-22-18(25-14)23-17(24)4-2-12-5-7-21-8-6-12;/h1,3,10-12,21H,2,4-9H2,(H,22,23,24);1H. The molecule has 0 atom stereocenters. The van der Waals surface area contributed by atoms with Gasteiger partial charge in [0.2, 0.25) is 5.91 Å². The lowest BCUT2D eigenvalue weighted by Gasteiger charge is -2.21. The lowest BCUT2D eigenvalue weighted by molar-refractivity contribution is -0.116. The molecule has 1 aliphatic rings. The van der Waals surface area contributed by atoms with Gasteiger partial charge < -0.3 is 10.6 Å². The molecule has 0 unspecified atom stereocenters. The van der Waals surface area contributed by atoms with Crippen LogP contribution in [0.15, 0.2) is 24.4 Å². The molecule has 1 fully saturated rings. The van der Waals surface area contributed by atoms with Crippen LogP contribution in [-0.4, -0.2) is 24.0 Å². The number of aromatic nitrogens is 1. The Bertz CT molecular complexity index is 735. The summed E-state index contributed by atoms with van der Waals surface area (Å²) in [5.74, 6) is -1.11. The summed E-state index contributed by atoms with van der Waals surface area (Å²) in [6.45, 7) is 2.07. The van der Waals surface area contributed by atoms with Crippen molar-refractivity contribution in [3.05, 3.63) is 46.5 Å². The third kappa shape index (κ3) is 6.00. The van der Waals surface area contributed by atoms with Crippen LogP contribution in [0.3, 0.4) is 0 Å². The highest BCUT2D eigenvalue weighted by Gasteiger charge is 2.15. The molecule has 8 heteroatoms. The van der Waals surface area contributed by atoms with E-state index < -0.39 is 11.6 Å². The molecule has 1 aromatic carbocycles. The molecule has 1 aromatic heterocycles. The number of piperidine rings is 1. The van der Waals surface area contributed by atoms with E-state index in [-0.39, 0.29) is 18.3 Å². The van der Waals surface area contributed by atoms with Crippen molar-refractivity contribution >= 4 is 34.8 Å². The maximum atomic E-state index is 13.2. The van der Waals surface area contributed by atoms with Crippen LogP contribution < -0.4 is 10.6 Å². The number of rotatable bonds is 6. The molecule has 1 saturated heterocycles. The van der Waals surface area contributed by atoms with Crippen molar-refractivity contribution in [1.82, 2.24) is 10.3 Å². The number of anilines is 1. The molecule has 2 heterocycles. The van der Waals surface area contributed by atoms with Crippen molar-refractivity contribution in [3.63, 3.8) is 0 Å². The third-order valence-corrected chi connectivity index (χ3v) is 5.31. The molecule has 2 N–H and O–H groups in total. The van der Waals surface area contributed by atoms with Crippen molar-refractivity contribution in [1.29, 1.82) is 0 Å². The first kappa shape index (κ1) is 20.7. The smallest absolute Gasteiger partial charge is 0.226 e. The van der Waals surface area contributed by atoms with Gasteiger partial charge in [-0.15, -0.1) is 23.7 Å². The summed E-state index contributed by atoms with van der Waals surface area (Å²) < 4.78 is 26.2. The molecule has 0 saturated carbocycles. The second kappa shape index (κ2) is 9.94. The van der Waals surface area contributed by atoms with Gasteiger partial charge in [-0.25, -0.2) is 13.8 Å². The maximum absolute atomic E-state index is 13.2. The molecule has 3 rings (SSSR count). The Morgan fingerprint density at radius 1 is 1.27 bits per heavy atom. The Kier molecular flexibility index (Phi) is 7.93. The van der Waals surface area contributed by atoms with Gasteiger partial charge in [-0.1, -0.05) is 6.07 Å². The molecule has 0 bridgehead atoms. The summed E-state index contributed by atoms with van der Waals surface area (Å²) in [5.41, 5.74) is 0.673. The van der Waals surface area contributed by atoms with Gasteiger partial charge in [-0.2, -0.15) is 0 Å². The van der Waals surface area contributed by atoms with E-state index in [2.05, 4.69) is 15.6 Å². The maximum Gasteiger partial charge on any atom is 0.226 e. The number of hydrogen-bond acceptors (Lipinski definition) is 4. The molecule has 0 aliphatic carbocycles. The van der Waals surface area contributed by atoms with E-state index in [0.717, 1.165) is 43.3 Å². The van der Waals surface area contributed by atoms with E-state index in [4.69, 9.17) is 0 Å². The molecule has 142 valence electrons. The largest absolute Gasteiger partial charge is 0.317 e. The number of amides is 1. The zero-order chi connectivity index (χ0) is 17.6. The summed E-state index contributed by atoms with van der Waals surface area (Å²) in [6, 6.07) is 3.86. The van der Waals surface area contributed by atoms with Crippen LogP contribution in [0.4, 0.5) is 13.9 Å². The number of carbonyl (C=O) groups is 1. The normalized spacial score (nSPS) is 14.7. The van der Waals surface area contributed by atoms with Gasteiger partial charge in [0.15, 0.2) is 16.8 Å². The molecule has 1 aliphatic heterocycles. The van der Waals surface area contributed by atoms with Gasteiger partial charge >= 0.3 is 0 Å². The molecule has 2 aromatic rings. The fraction of sp³-hybridized carbons (Fsp3) is 0.444. The van der Waals surface area contributed by atoms with Gasteiger partial charge in [0.25, 0.3) is 0 Å². The highest BCUT2D eigenvalue weighted by atomic mass is 35.5. The van der Waals surface area contributed by atoms with Crippen molar-refractivity contribution in [2.75, 3.05) is 18.4 Å². The molecule has 4 nitrogen and oxygen atoms in total. The topological polar surface area (TPSA) is 54.0 Å². The minimum absolute atomic E-state index is 0. The van der Waals surface area contributed by atoms with Gasteiger partial charge in [0.1, 0.15) is 0 Å². The number of nitrogens with zero attached hydrogens (tertiary/aromatic N) is 1. The van der Waals surface area contributed by atoms with Crippen LogP contribution in [0.1, 0.15) is 36.1 Å². The number of nitrogens with one attached hydrogen (secondary N) is 2. The average Bonchev–Trinajstić information content (AvgIpc) is 3.04. The van der Waals surface area contributed by atoms with Crippen LogP contribution in [-0.2, 0) is 11.2 Å². The second-order valence-corrected chi connectivity index (χ2v) is 7.45.